The molecule has 2 aliphatic rings. The first-order valence-electron chi connectivity index (χ1n) is 8.93. The third-order valence-electron chi connectivity index (χ3n) is 5.27. The molecule has 1 amide bonds. The molecule has 0 spiro atoms. The fourth-order valence-electron chi connectivity index (χ4n) is 4.00. The van der Waals surface area contributed by atoms with Crippen molar-refractivity contribution in [2.45, 2.75) is 36.4 Å². The van der Waals surface area contributed by atoms with Gasteiger partial charge >= 0.3 is 0 Å². The van der Waals surface area contributed by atoms with E-state index in [4.69, 9.17) is 0 Å². The van der Waals surface area contributed by atoms with Gasteiger partial charge in [-0.1, -0.05) is 24.3 Å². The largest absolute Gasteiger partial charge is 0.309 e. The average Bonchev–Trinajstić information content (AvgIpc) is 3.29. The van der Waals surface area contributed by atoms with Crippen LogP contribution < -0.4 is 4.90 Å². The van der Waals surface area contributed by atoms with Crippen LogP contribution >= 0.6 is 11.3 Å². The van der Waals surface area contributed by atoms with Gasteiger partial charge in [-0.05, 0) is 49.3 Å². The number of carbonyl (C=O) groups excluding carboxylic acids is 1. The smallest absolute Gasteiger partial charge is 0.252 e. The van der Waals surface area contributed by atoms with Gasteiger partial charge < -0.3 is 4.90 Å². The molecule has 1 aromatic heterocycles. The number of thiophene rings is 1. The number of hydrogen-bond donors (Lipinski definition) is 0. The van der Waals surface area contributed by atoms with Gasteiger partial charge in [0.05, 0.1) is 5.92 Å². The molecule has 0 saturated carbocycles. The van der Waals surface area contributed by atoms with E-state index in [1.807, 2.05) is 23.1 Å². The first-order chi connectivity index (χ1) is 12.5. The predicted octanol–water partition coefficient (Wildman–Crippen LogP) is 3.13. The summed E-state index contributed by atoms with van der Waals surface area (Å²) in [5.74, 6) is -0.236. The number of sulfonamides is 1. The van der Waals surface area contributed by atoms with Gasteiger partial charge in [-0.2, -0.15) is 4.31 Å². The van der Waals surface area contributed by atoms with Gasteiger partial charge in [0.15, 0.2) is 0 Å². The number of carbonyl (C=O) groups is 1. The summed E-state index contributed by atoms with van der Waals surface area (Å²) in [4.78, 5) is 15.1. The van der Waals surface area contributed by atoms with Crippen molar-refractivity contribution in [3.63, 3.8) is 0 Å². The van der Waals surface area contributed by atoms with Crippen LogP contribution in [0, 0.1) is 5.92 Å². The van der Waals surface area contributed by atoms with Crippen LogP contribution in [0.2, 0.25) is 0 Å². The molecule has 2 atom stereocenters. The van der Waals surface area contributed by atoms with E-state index in [0.29, 0.717) is 17.2 Å². The molecule has 0 aliphatic carbocycles. The Morgan fingerprint density at radius 3 is 2.77 bits per heavy atom. The number of nitrogens with zero attached hydrogens (tertiary/aromatic N) is 2. The number of rotatable bonds is 3. The lowest BCUT2D eigenvalue weighted by molar-refractivity contribution is -0.123. The van der Waals surface area contributed by atoms with E-state index in [9.17, 15) is 13.2 Å². The van der Waals surface area contributed by atoms with E-state index >= 15 is 0 Å². The van der Waals surface area contributed by atoms with Crippen molar-refractivity contribution < 1.29 is 13.2 Å². The maximum absolute atomic E-state index is 13.2. The average molecular weight is 391 g/mol. The molecule has 2 aliphatic heterocycles. The Labute approximate surface area is 158 Å². The van der Waals surface area contributed by atoms with Gasteiger partial charge in [-0.15, -0.1) is 11.3 Å². The Morgan fingerprint density at radius 2 is 2.00 bits per heavy atom. The molecule has 0 bridgehead atoms. The van der Waals surface area contributed by atoms with E-state index in [2.05, 4.69) is 13.0 Å². The molecule has 0 radical (unpaired) electrons. The standard InChI is InChI=1S/C19H22N2O3S2/c1-14-12-15-6-2-3-8-17(15)21(14)19(22)16-7-4-10-20(13-16)26(23,24)18-9-5-11-25-18/h2-3,5-6,8-9,11,14,16H,4,7,10,12-13H2,1H3. The normalized spacial score (nSPS) is 23.8. The maximum Gasteiger partial charge on any atom is 0.252 e. The van der Waals surface area contributed by atoms with Gasteiger partial charge in [0.2, 0.25) is 5.91 Å². The van der Waals surface area contributed by atoms with Crippen LogP contribution in [0.1, 0.15) is 25.3 Å². The van der Waals surface area contributed by atoms with Crippen LogP contribution in [-0.2, 0) is 21.2 Å². The Bertz CT molecular complexity index is 909. The van der Waals surface area contributed by atoms with Gasteiger partial charge in [0, 0.05) is 24.8 Å². The second-order valence-electron chi connectivity index (χ2n) is 7.02. The molecule has 3 heterocycles. The Balaban J connectivity index is 1.56. The Morgan fingerprint density at radius 1 is 1.19 bits per heavy atom. The zero-order valence-corrected chi connectivity index (χ0v) is 16.3. The highest BCUT2D eigenvalue weighted by Crippen LogP contribution is 2.35. The van der Waals surface area contributed by atoms with Crippen LogP contribution in [0.25, 0.3) is 0 Å². The number of amides is 1. The highest BCUT2D eigenvalue weighted by Gasteiger charge is 2.39. The van der Waals surface area contributed by atoms with Crippen molar-refractivity contribution in [3.05, 3.63) is 47.3 Å². The van der Waals surface area contributed by atoms with Crippen LogP contribution in [-0.4, -0.2) is 37.8 Å². The molecule has 0 N–H and O–H groups in total. The number of anilines is 1. The van der Waals surface area contributed by atoms with Crippen molar-refractivity contribution in [1.29, 1.82) is 0 Å². The lowest BCUT2D eigenvalue weighted by atomic mass is 9.97. The summed E-state index contributed by atoms with van der Waals surface area (Å²) in [5, 5.41) is 1.77. The summed E-state index contributed by atoms with van der Waals surface area (Å²) < 4.78 is 27.5. The SMILES string of the molecule is CC1Cc2ccccc2N1C(=O)C1CCCN(S(=O)(=O)c2cccs2)C1. The quantitative estimate of drug-likeness (QED) is 0.809. The zero-order valence-electron chi connectivity index (χ0n) is 14.7. The topological polar surface area (TPSA) is 57.7 Å². The molecule has 138 valence electrons. The summed E-state index contributed by atoms with van der Waals surface area (Å²) >= 11 is 1.22. The number of benzene rings is 1. The van der Waals surface area contributed by atoms with Crippen molar-refractivity contribution in [1.82, 2.24) is 4.31 Å². The highest BCUT2D eigenvalue weighted by atomic mass is 32.2. The highest BCUT2D eigenvalue weighted by molar-refractivity contribution is 7.91. The van der Waals surface area contributed by atoms with Crippen LogP contribution in [0.5, 0.6) is 0 Å². The van der Waals surface area contributed by atoms with Crippen LogP contribution in [0.4, 0.5) is 5.69 Å². The first kappa shape index (κ1) is 17.7. The third-order valence-corrected chi connectivity index (χ3v) is 8.51. The Kier molecular flexibility index (Phi) is 4.62. The Hall–Kier alpha value is -1.70. The van der Waals surface area contributed by atoms with Crippen LogP contribution in [0.3, 0.4) is 0 Å². The number of piperidine rings is 1. The predicted molar refractivity (Wildman–Crippen MR) is 103 cm³/mol. The second kappa shape index (κ2) is 6.79. The first-order valence-corrected chi connectivity index (χ1v) is 11.2. The van der Waals surface area contributed by atoms with Gasteiger partial charge in [-0.25, -0.2) is 8.42 Å². The molecule has 1 fully saturated rings. The molecular weight excluding hydrogens is 368 g/mol. The van der Waals surface area contributed by atoms with Gasteiger partial charge in [0.1, 0.15) is 4.21 Å². The van der Waals surface area contributed by atoms with Crippen molar-refractivity contribution >= 4 is 33.0 Å². The van der Waals surface area contributed by atoms with Gasteiger partial charge in [-0.3, -0.25) is 4.79 Å². The minimum absolute atomic E-state index is 0.0496. The van der Waals surface area contributed by atoms with Crippen molar-refractivity contribution in [2.75, 3.05) is 18.0 Å². The molecular formula is C19H22N2O3S2. The summed E-state index contributed by atoms with van der Waals surface area (Å²) in [6, 6.07) is 11.5. The zero-order chi connectivity index (χ0) is 18.3. The van der Waals surface area contributed by atoms with E-state index in [1.165, 1.54) is 21.2 Å². The van der Waals surface area contributed by atoms with Crippen molar-refractivity contribution in [2.24, 2.45) is 5.92 Å². The molecule has 2 unspecified atom stereocenters. The molecule has 7 heteroatoms. The van der Waals surface area contributed by atoms with Gasteiger partial charge in [0.25, 0.3) is 10.0 Å². The fraction of sp³-hybridized carbons (Fsp3) is 0.421. The maximum atomic E-state index is 13.2. The molecule has 1 aromatic carbocycles. The molecule has 1 saturated heterocycles. The van der Waals surface area contributed by atoms with Crippen molar-refractivity contribution in [3.8, 4) is 0 Å². The second-order valence-corrected chi connectivity index (χ2v) is 10.1. The molecule has 4 rings (SSSR count). The van der Waals surface area contributed by atoms with E-state index < -0.39 is 10.0 Å². The molecule has 2 aromatic rings. The minimum atomic E-state index is -3.50. The fourth-order valence-corrected chi connectivity index (χ4v) is 6.67. The number of fused-ring (bicyclic) bond motifs is 1. The minimum Gasteiger partial charge on any atom is -0.309 e. The third kappa shape index (κ3) is 2.98. The molecule has 5 nitrogen and oxygen atoms in total. The van der Waals surface area contributed by atoms with Crippen LogP contribution in [0.15, 0.2) is 46.0 Å². The lowest BCUT2D eigenvalue weighted by Crippen LogP contribution is -2.48. The summed E-state index contributed by atoms with van der Waals surface area (Å²) in [6.45, 7) is 2.81. The molecule has 26 heavy (non-hydrogen) atoms. The number of hydrogen-bond acceptors (Lipinski definition) is 4. The summed E-state index contributed by atoms with van der Waals surface area (Å²) in [7, 11) is -3.50. The number of para-hydroxylation sites is 1. The summed E-state index contributed by atoms with van der Waals surface area (Å²) in [5.41, 5.74) is 2.16. The summed E-state index contributed by atoms with van der Waals surface area (Å²) in [6.07, 6.45) is 2.30. The lowest BCUT2D eigenvalue weighted by Gasteiger charge is -2.34. The van der Waals surface area contributed by atoms with E-state index in [1.54, 1.807) is 17.5 Å². The van der Waals surface area contributed by atoms with E-state index in [0.717, 1.165) is 18.5 Å². The monoisotopic (exact) mass is 390 g/mol. The van der Waals surface area contributed by atoms with E-state index in [-0.39, 0.29) is 24.4 Å².